The summed E-state index contributed by atoms with van der Waals surface area (Å²) in [5.74, 6) is 0.717. The number of hydrogen-bond donors (Lipinski definition) is 0. The summed E-state index contributed by atoms with van der Waals surface area (Å²) in [6.07, 6.45) is 0. The van der Waals surface area contributed by atoms with E-state index in [0.29, 0.717) is 32.9 Å². The third-order valence-electron chi connectivity index (χ3n) is 6.43. The number of halogens is 2. The number of fused-ring (bicyclic) bond motifs is 1. The Balaban J connectivity index is 1.78. The van der Waals surface area contributed by atoms with E-state index in [4.69, 9.17) is 43.0 Å². The number of ether oxygens (including phenoxy) is 2. The maximum atomic E-state index is 14.2. The van der Waals surface area contributed by atoms with Gasteiger partial charge in [-0.15, -0.1) is 0 Å². The summed E-state index contributed by atoms with van der Waals surface area (Å²) >= 11 is 12.6. The smallest absolute Gasteiger partial charge is 0.280 e. The summed E-state index contributed by atoms with van der Waals surface area (Å²) in [5, 5.41) is 15.0. The summed E-state index contributed by atoms with van der Waals surface area (Å²) in [6.45, 7) is 3.96. The molecular formula is C29H24Cl2N4O3. The molecule has 1 aromatic heterocycles. The number of benzene rings is 3. The van der Waals surface area contributed by atoms with E-state index in [9.17, 15) is 4.79 Å². The van der Waals surface area contributed by atoms with Crippen LogP contribution in [0.3, 0.4) is 0 Å². The zero-order valence-electron chi connectivity index (χ0n) is 21.0. The third kappa shape index (κ3) is 4.36. The molecule has 2 heterocycles. The van der Waals surface area contributed by atoms with Crippen molar-refractivity contribution in [3.63, 3.8) is 0 Å². The number of para-hydroxylation sites is 2. The molecule has 0 radical (unpaired) electrons. The standard InChI is InChI=1S/C29H24Cl2N4O3/c1-17(2)27-25-26(33-35(27)21-6-4-5-7-23(21)37-3)29(36)34(28(25)18-8-10-19(30)11-9-18)22-16-20(31)12-13-24(22)38-15-14-32/h4-13,16-17,28H,15H2,1-3H3. The highest BCUT2D eigenvalue weighted by Crippen LogP contribution is 2.48. The van der Waals surface area contributed by atoms with Gasteiger partial charge in [0.25, 0.3) is 5.91 Å². The number of hydrogen-bond acceptors (Lipinski definition) is 5. The van der Waals surface area contributed by atoms with E-state index in [1.807, 2.05) is 42.5 Å². The van der Waals surface area contributed by atoms with Crippen molar-refractivity contribution in [2.24, 2.45) is 0 Å². The number of nitriles is 1. The number of anilines is 1. The van der Waals surface area contributed by atoms with Gasteiger partial charge in [0.15, 0.2) is 12.3 Å². The van der Waals surface area contributed by atoms with E-state index in [2.05, 4.69) is 13.8 Å². The molecule has 4 aromatic rings. The first-order chi connectivity index (χ1) is 18.3. The fraction of sp³-hybridized carbons (Fsp3) is 0.207. The van der Waals surface area contributed by atoms with Crippen LogP contribution in [0.4, 0.5) is 5.69 Å². The van der Waals surface area contributed by atoms with Gasteiger partial charge in [0.2, 0.25) is 0 Å². The van der Waals surface area contributed by atoms with E-state index < -0.39 is 6.04 Å². The van der Waals surface area contributed by atoms with Crippen LogP contribution in [0.1, 0.15) is 53.1 Å². The Morgan fingerprint density at radius 1 is 1.00 bits per heavy atom. The Labute approximate surface area is 230 Å². The first-order valence-corrected chi connectivity index (χ1v) is 12.8. The molecule has 1 atom stereocenters. The predicted octanol–water partition coefficient (Wildman–Crippen LogP) is 6.96. The summed E-state index contributed by atoms with van der Waals surface area (Å²) in [5.41, 5.74) is 4.02. The van der Waals surface area contributed by atoms with Crippen molar-refractivity contribution in [1.29, 1.82) is 5.26 Å². The number of amides is 1. The highest BCUT2D eigenvalue weighted by molar-refractivity contribution is 6.31. The van der Waals surface area contributed by atoms with E-state index in [0.717, 1.165) is 22.5 Å². The molecule has 0 saturated heterocycles. The van der Waals surface area contributed by atoms with Crippen LogP contribution in [-0.4, -0.2) is 29.4 Å². The molecule has 1 unspecified atom stereocenters. The van der Waals surface area contributed by atoms with Gasteiger partial charge in [-0.25, -0.2) is 4.68 Å². The lowest BCUT2D eigenvalue weighted by atomic mass is 9.94. The Morgan fingerprint density at radius 3 is 2.39 bits per heavy atom. The highest BCUT2D eigenvalue weighted by Gasteiger charge is 2.46. The first kappa shape index (κ1) is 25.7. The normalized spacial score (nSPS) is 14.5. The van der Waals surface area contributed by atoms with Gasteiger partial charge in [-0.2, -0.15) is 10.4 Å². The maximum absolute atomic E-state index is 14.2. The molecule has 0 saturated carbocycles. The zero-order valence-corrected chi connectivity index (χ0v) is 22.5. The molecule has 3 aromatic carbocycles. The minimum absolute atomic E-state index is 0.00684. The Morgan fingerprint density at radius 2 is 1.71 bits per heavy atom. The van der Waals surface area contributed by atoms with Crippen LogP contribution in [0, 0.1) is 11.3 Å². The molecule has 1 aliphatic heterocycles. The number of carbonyl (C=O) groups is 1. The van der Waals surface area contributed by atoms with Crippen molar-refractivity contribution in [3.8, 4) is 23.3 Å². The fourth-order valence-corrected chi connectivity index (χ4v) is 5.19. The molecule has 1 amide bonds. The maximum Gasteiger partial charge on any atom is 0.280 e. The first-order valence-electron chi connectivity index (χ1n) is 12.0. The van der Waals surface area contributed by atoms with Gasteiger partial charge in [-0.3, -0.25) is 9.69 Å². The second-order valence-corrected chi connectivity index (χ2v) is 9.95. The van der Waals surface area contributed by atoms with Crippen molar-refractivity contribution in [1.82, 2.24) is 9.78 Å². The SMILES string of the molecule is COc1ccccc1-n1nc2c(c1C(C)C)C(c1ccc(Cl)cc1)N(c1cc(Cl)ccc1OCC#N)C2=O. The van der Waals surface area contributed by atoms with E-state index >= 15 is 0 Å². The second-order valence-electron chi connectivity index (χ2n) is 9.07. The Bertz CT molecular complexity index is 1560. The summed E-state index contributed by atoms with van der Waals surface area (Å²) in [4.78, 5) is 15.8. The Kier molecular flexibility index (Phi) is 7.02. The van der Waals surface area contributed by atoms with Crippen molar-refractivity contribution in [2.45, 2.75) is 25.8 Å². The van der Waals surface area contributed by atoms with Crippen LogP contribution in [0.5, 0.6) is 11.5 Å². The van der Waals surface area contributed by atoms with E-state index in [-0.39, 0.29) is 18.4 Å². The molecular weight excluding hydrogens is 523 g/mol. The van der Waals surface area contributed by atoms with Gasteiger partial charge in [0, 0.05) is 15.6 Å². The molecule has 0 aliphatic carbocycles. The number of aromatic nitrogens is 2. The third-order valence-corrected chi connectivity index (χ3v) is 6.92. The lowest BCUT2D eigenvalue weighted by Crippen LogP contribution is -2.30. The van der Waals surface area contributed by atoms with Gasteiger partial charge in [0.1, 0.15) is 23.3 Å². The van der Waals surface area contributed by atoms with Gasteiger partial charge in [-0.1, -0.05) is 61.3 Å². The van der Waals surface area contributed by atoms with E-state index in [1.165, 1.54) is 0 Å². The minimum atomic E-state index is -0.543. The number of methoxy groups -OCH3 is 1. The van der Waals surface area contributed by atoms with Crippen molar-refractivity contribution < 1.29 is 14.3 Å². The van der Waals surface area contributed by atoms with Crippen molar-refractivity contribution >= 4 is 34.8 Å². The molecule has 7 nitrogen and oxygen atoms in total. The predicted molar refractivity (Wildman–Crippen MR) is 147 cm³/mol. The molecule has 0 fully saturated rings. The summed E-state index contributed by atoms with van der Waals surface area (Å²) in [6, 6.07) is 21.4. The van der Waals surface area contributed by atoms with Crippen LogP contribution in [0.15, 0.2) is 66.7 Å². The van der Waals surface area contributed by atoms with Crippen LogP contribution in [0.2, 0.25) is 10.0 Å². The fourth-order valence-electron chi connectivity index (χ4n) is 4.90. The molecule has 0 spiro atoms. The molecule has 0 bridgehead atoms. The lowest BCUT2D eigenvalue weighted by Gasteiger charge is -2.29. The zero-order chi connectivity index (χ0) is 27.0. The topological polar surface area (TPSA) is 80.4 Å². The molecule has 0 N–H and O–H groups in total. The van der Waals surface area contributed by atoms with Gasteiger partial charge in [-0.05, 0) is 53.9 Å². The van der Waals surface area contributed by atoms with Crippen molar-refractivity contribution in [3.05, 3.63) is 99.3 Å². The van der Waals surface area contributed by atoms with Crippen molar-refractivity contribution in [2.75, 3.05) is 18.6 Å². The van der Waals surface area contributed by atoms with Crippen LogP contribution < -0.4 is 14.4 Å². The molecule has 5 rings (SSSR count). The monoisotopic (exact) mass is 546 g/mol. The Hall–Kier alpha value is -3.99. The average molecular weight is 547 g/mol. The minimum Gasteiger partial charge on any atom is -0.494 e. The van der Waals surface area contributed by atoms with E-state index in [1.54, 1.807) is 47.0 Å². The van der Waals surface area contributed by atoms with Crippen LogP contribution in [0.25, 0.3) is 5.69 Å². The molecule has 1 aliphatic rings. The molecule has 9 heteroatoms. The summed E-state index contributed by atoms with van der Waals surface area (Å²) < 4.78 is 13.1. The second kappa shape index (κ2) is 10.4. The van der Waals surface area contributed by atoms with Gasteiger partial charge < -0.3 is 9.47 Å². The number of nitrogens with zero attached hydrogens (tertiary/aromatic N) is 4. The van der Waals surface area contributed by atoms with Crippen LogP contribution in [-0.2, 0) is 0 Å². The average Bonchev–Trinajstić information content (AvgIpc) is 3.43. The molecule has 192 valence electrons. The van der Waals surface area contributed by atoms with Gasteiger partial charge >= 0.3 is 0 Å². The summed E-state index contributed by atoms with van der Waals surface area (Å²) in [7, 11) is 1.61. The number of carbonyl (C=O) groups excluding carboxylic acids is 1. The number of rotatable bonds is 7. The highest BCUT2D eigenvalue weighted by atomic mass is 35.5. The lowest BCUT2D eigenvalue weighted by molar-refractivity contribution is 0.0987. The molecule has 38 heavy (non-hydrogen) atoms. The quantitative estimate of drug-likeness (QED) is 0.250. The van der Waals surface area contributed by atoms with Gasteiger partial charge in [0.05, 0.1) is 24.5 Å². The van der Waals surface area contributed by atoms with Crippen LogP contribution >= 0.6 is 23.2 Å². The largest absolute Gasteiger partial charge is 0.494 e.